The molecule has 57 valence electrons. The van der Waals surface area contributed by atoms with Crippen molar-refractivity contribution in [2.45, 2.75) is 0 Å². The lowest BCUT2D eigenvalue weighted by Gasteiger charge is -2.27. The molecule has 0 amide bonds. The van der Waals surface area contributed by atoms with Gasteiger partial charge in [0.05, 0.1) is 0 Å². The Bertz CT molecular complexity index is 110. The summed E-state index contributed by atoms with van der Waals surface area (Å²) in [5, 5.41) is 10.2. The molecule has 0 saturated carbocycles. The Morgan fingerprint density at radius 2 is 1.90 bits per heavy atom. The second-order valence-corrected chi connectivity index (χ2v) is 2.12. The van der Waals surface area contributed by atoms with Crippen molar-refractivity contribution in [3.63, 3.8) is 0 Å². The van der Waals surface area contributed by atoms with E-state index in [1.807, 2.05) is 4.90 Å². The molecule has 4 nitrogen and oxygen atoms in total. The molecule has 5 heteroatoms. The largest absolute Gasteiger partial charge is 0.370 e. The lowest BCUT2D eigenvalue weighted by atomic mass is 10.4. The highest BCUT2D eigenvalue weighted by molar-refractivity contribution is 6.92. The van der Waals surface area contributed by atoms with Gasteiger partial charge in [-0.1, -0.05) is 0 Å². The van der Waals surface area contributed by atoms with Crippen molar-refractivity contribution in [3.05, 3.63) is 0 Å². The summed E-state index contributed by atoms with van der Waals surface area (Å²) < 4.78 is 0. The van der Waals surface area contributed by atoms with Gasteiger partial charge >= 0.3 is 0 Å². The third-order valence-electron chi connectivity index (χ3n) is 1.46. The van der Waals surface area contributed by atoms with Gasteiger partial charge in [-0.25, -0.2) is 0 Å². The number of piperazine rings is 1. The first-order chi connectivity index (χ1) is 4.30. The van der Waals surface area contributed by atoms with Crippen LogP contribution in [0.2, 0.25) is 0 Å². The van der Waals surface area contributed by atoms with Gasteiger partial charge in [0, 0.05) is 36.1 Å². The van der Waals surface area contributed by atoms with Crippen molar-refractivity contribution in [3.8, 4) is 0 Å². The molecule has 0 spiro atoms. The second-order valence-electron chi connectivity index (χ2n) is 2.12. The molecule has 0 atom stereocenters. The Labute approximate surface area is 64.3 Å². The van der Waals surface area contributed by atoms with E-state index in [0.29, 0.717) is 0 Å². The number of nitrogens with two attached hydrogens (primary N) is 1. The van der Waals surface area contributed by atoms with Crippen LogP contribution in [0.25, 0.3) is 0 Å². The van der Waals surface area contributed by atoms with Crippen molar-refractivity contribution in [1.29, 1.82) is 5.41 Å². The maximum atomic E-state index is 7.06. The summed E-state index contributed by atoms with van der Waals surface area (Å²) in [5.74, 6) is 0.191. The van der Waals surface area contributed by atoms with Crippen LogP contribution in [0.4, 0.5) is 0 Å². The zero-order chi connectivity index (χ0) is 6.69. The minimum Gasteiger partial charge on any atom is -0.370 e. The van der Waals surface area contributed by atoms with E-state index in [2.05, 4.69) is 5.32 Å². The highest BCUT2D eigenvalue weighted by atomic mass is 31.0. The minimum absolute atomic E-state index is 0. The molecule has 10 heavy (non-hydrogen) atoms. The van der Waals surface area contributed by atoms with E-state index in [9.17, 15) is 0 Å². The Morgan fingerprint density at radius 3 is 2.20 bits per heavy atom. The highest BCUT2D eigenvalue weighted by Crippen LogP contribution is 1.88. The van der Waals surface area contributed by atoms with Gasteiger partial charge in [-0.2, -0.15) is 0 Å². The van der Waals surface area contributed by atoms with E-state index < -0.39 is 0 Å². The van der Waals surface area contributed by atoms with Crippen LogP contribution in [0, 0.1) is 5.41 Å². The average molecular weight is 159 g/mol. The van der Waals surface area contributed by atoms with Crippen molar-refractivity contribution in [1.82, 2.24) is 10.2 Å². The maximum Gasteiger partial charge on any atom is 0.188 e. The van der Waals surface area contributed by atoms with Gasteiger partial charge in [0.15, 0.2) is 5.96 Å². The summed E-state index contributed by atoms with van der Waals surface area (Å²) in [5.41, 5.74) is 5.25. The topological polar surface area (TPSA) is 65.1 Å². The van der Waals surface area contributed by atoms with Gasteiger partial charge in [0.25, 0.3) is 0 Å². The lowest BCUT2D eigenvalue weighted by Crippen LogP contribution is -2.48. The first kappa shape index (κ1) is 9.66. The predicted octanol–water partition coefficient (Wildman–Crippen LogP) is -0.354. The van der Waals surface area contributed by atoms with Gasteiger partial charge < -0.3 is 16.0 Å². The molecule has 0 aromatic heterocycles. The molecule has 1 aliphatic rings. The van der Waals surface area contributed by atoms with Crippen LogP contribution >= 0.6 is 9.90 Å². The smallest absolute Gasteiger partial charge is 0.188 e. The second kappa shape index (κ2) is 4.47. The van der Waals surface area contributed by atoms with E-state index in [0.717, 1.165) is 26.2 Å². The Balaban J connectivity index is 0.000000810. The summed E-state index contributed by atoms with van der Waals surface area (Å²) in [6.07, 6.45) is 0. The first-order valence-electron chi connectivity index (χ1n) is 3.10. The minimum atomic E-state index is 0. The maximum absolute atomic E-state index is 7.06. The molecule has 1 rings (SSSR count). The van der Waals surface area contributed by atoms with E-state index in [4.69, 9.17) is 11.1 Å². The van der Waals surface area contributed by atoms with Gasteiger partial charge in [-0.05, 0) is 0 Å². The Hall–Kier alpha value is -0.340. The van der Waals surface area contributed by atoms with Crippen molar-refractivity contribution >= 4 is 15.9 Å². The fourth-order valence-electron chi connectivity index (χ4n) is 0.906. The zero-order valence-corrected chi connectivity index (χ0v) is 6.69. The Morgan fingerprint density at radius 1 is 1.40 bits per heavy atom. The lowest BCUT2D eigenvalue weighted by molar-refractivity contribution is 0.352. The van der Waals surface area contributed by atoms with E-state index in [-0.39, 0.29) is 15.9 Å². The van der Waals surface area contributed by atoms with Gasteiger partial charge in [-0.3, -0.25) is 5.41 Å². The molecule has 0 bridgehead atoms. The molecule has 1 heterocycles. The quantitative estimate of drug-likeness (QED) is 0.257. The highest BCUT2D eigenvalue weighted by Gasteiger charge is 2.08. The molecule has 1 aliphatic heterocycles. The third kappa shape index (κ3) is 2.50. The molecule has 4 N–H and O–H groups in total. The summed E-state index contributed by atoms with van der Waals surface area (Å²) in [7, 11) is 0. The molecule has 0 aromatic rings. The molecule has 1 fully saturated rings. The van der Waals surface area contributed by atoms with Crippen LogP contribution < -0.4 is 11.1 Å². The van der Waals surface area contributed by atoms with Crippen LogP contribution in [0.1, 0.15) is 0 Å². The van der Waals surface area contributed by atoms with E-state index >= 15 is 0 Å². The fourth-order valence-corrected chi connectivity index (χ4v) is 0.906. The summed E-state index contributed by atoms with van der Waals surface area (Å²) >= 11 is 0. The zero-order valence-electron chi connectivity index (χ0n) is 5.80. The molecular weight excluding hydrogens is 147 g/mol. The normalized spacial score (nSPS) is 17.8. The number of nitrogens with zero attached hydrogens (tertiary/aromatic N) is 1. The summed E-state index contributed by atoms with van der Waals surface area (Å²) in [6.45, 7) is 3.63. The van der Waals surface area contributed by atoms with Crippen molar-refractivity contribution < 1.29 is 0 Å². The van der Waals surface area contributed by atoms with Crippen LogP contribution in [0.15, 0.2) is 0 Å². The van der Waals surface area contributed by atoms with Crippen LogP contribution in [0.3, 0.4) is 0 Å². The van der Waals surface area contributed by atoms with E-state index in [1.165, 1.54) is 0 Å². The molecule has 0 aromatic carbocycles. The molecule has 1 saturated heterocycles. The van der Waals surface area contributed by atoms with Gasteiger partial charge in [0.1, 0.15) is 0 Å². The SMILES string of the molecule is N=C(N)N1CCNCC1.[P]. The van der Waals surface area contributed by atoms with Gasteiger partial charge in [0.2, 0.25) is 0 Å². The number of rotatable bonds is 0. The Kier molecular flexibility index (Phi) is 4.32. The average Bonchev–Trinajstić information content (AvgIpc) is 1.90. The molecule has 0 unspecified atom stereocenters. The first-order valence-corrected chi connectivity index (χ1v) is 3.10. The third-order valence-corrected chi connectivity index (χ3v) is 1.46. The van der Waals surface area contributed by atoms with Gasteiger partial charge in [-0.15, -0.1) is 0 Å². The van der Waals surface area contributed by atoms with Crippen molar-refractivity contribution in [2.24, 2.45) is 5.73 Å². The van der Waals surface area contributed by atoms with Crippen LogP contribution in [0.5, 0.6) is 0 Å². The molecule has 0 aliphatic carbocycles. The monoisotopic (exact) mass is 159 g/mol. The number of hydrogen-bond acceptors (Lipinski definition) is 2. The molecular formula is C5H12N4P. The summed E-state index contributed by atoms with van der Waals surface area (Å²) in [4.78, 5) is 1.86. The molecule has 3 radical (unpaired) electrons. The van der Waals surface area contributed by atoms with E-state index in [1.54, 1.807) is 0 Å². The number of hydrogen-bond donors (Lipinski definition) is 3. The van der Waals surface area contributed by atoms with Crippen LogP contribution in [-0.2, 0) is 0 Å². The predicted molar refractivity (Wildman–Crippen MR) is 43.3 cm³/mol. The van der Waals surface area contributed by atoms with Crippen LogP contribution in [-0.4, -0.2) is 37.0 Å². The number of guanidine groups is 1. The van der Waals surface area contributed by atoms with Crippen molar-refractivity contribution in [2.75, 3.05) is 26.2 Å². The fraction of sp³-hybridized carbons (Fsp3) is 0.800. The standard InChI is InChI=1S/C5H12N4.P/c6-5(7)9-3-1-8-2-4-9;/h8H,1-4H2,(H3,6,7);. The number of nitrogens with one attached hydrogen (secondary N) is 2. The summed E-state index contributed by atoms with van der Waals surface area (Å²) in [6, 6.07) is 0.